The lowest BCUT2D eigenvalue weighted by atomic mass is 10.0. The average molecular weight is 328 g/mol. The van der Waals surface area contributed by atoms with Gasteiger partial charge in [-0.15, -0.1) is 0 Å². The van der Waals surface area contributed by atoms with Crippen LogP contribution in [0.3, 0.4) is 0 Å². The van der Waals surface area contributed by atoms with E-state index in [9.17, 15) is 9.90 Å². The number of carboxylic acids is 1. The number of hydrogen-bond donors (Lipinski definition) is 1. The Labute approximate surface area is 134 Å². The van der Waals surface area contributed by atoms with Gasteiger partial charge in [0.2, 0.25) is 0 Å². The first-order chi connectivity index (χ1) is 9.97. The van der Waals surface area contributed by atoms with Gasteiger partial charge >= 0.3 is 5.97 Å². The molecule has 1 N–H and O–H groups in total. The van der Waals surface area contributed by atoms with Crippen molar-refractivity contribution in [1.82, 2.24) is 9.80 Å². The summed E-state index contributed by atoms with van der Waals surface area (Å²) >= 11 is 6.87. The Hall–Kier alpha value is -1.05. The van der Waals surface area contributed by atoms with Crippen LogP contribution in [-0.4, -0.2) is 43.8 Å². The van der Waals surface area contributed by atoms with E-state index < -0.39 is 12.0 Å². The van der Waals surface area contributed by atoms with Gasteiger partial charge in [-0.25, -0.2) is 0 Å². The first kappa shape index (κ1) is 16.3. The van der Waals surface area contributed by atoms with Crippen molar-refractivity contribution in [2.45, 2.75) is 32.9 Å². The highest BCUT2D eigenvalue weighted by atomic mass is 32.2. The number of carboxylic acid groups (broad SMARTS) is 1. The Morgan fingerprint density at radius 2 is 2.33 bits per heavy atom. The fourth-order valence-electron chi connectivity index (χ4n) is 2.29. The van der Waals surface area contributed by atoms with Crippen molar-refractivity contribution in [2.24, 2.45) is 5.92 Å². The highest BCUT2D eigenvalue weighted by Gasteiger charge is 2.32. The third-order valence-corrected chi connectivity index (χ3v) is 4.89. The lowest BCUT2D eigenvalue weighted by Gasteiger charge is -2.39. The summed E-state index contributed by atoms with van der Waals surface area (Å²) in [6, 6.07) is 3.26. The Morgan fingerprint density at radius 3 is 2.90 bits per heavy atom. The molecule has 1 saturated heterocycles. The number of thiocarbonyl (C=S) groups is 1. The van der Waals surface area contributed by atoms with E-state index in [4.69, 9.17) is 16.6 Å². The van der Waals surface area contributed by atoms with Gasteiger partial charge in [0.05, 0.1) is 25.4 Å². The summed E-state index contributed by atoms with van der Waals surface area (Å²) in [6.45, 7) is 5.18. The number of nitrogens with zero attached hydrogens (tertiary/aromatic N) is 2. The minimum atomic E-state index is -0.768. The molecule has 1 fully saturated rings. The number of aliphatic carboxylic acids is 1. The number of rotatable bonds is 6. The fraction of sp³-hybridized carbons (Fsp3) is 0.571. The highest BCUT2D eigenvalue weighted by Crippen LogP contribution is 2.25. The normalized spacial score (nSPS) is 18.2. The van der Waals surface area contributed by atoms with Crippen LogP contribution in [0.2, 0.25) is 0 Å². The molecule has 0 amide bonds. The summed E-state index contributed by atoms with van der Waals surface area (Å²) < 4.78 is 6.14. The van der Waals surface area contributed by atoms with Crippen LogP contribution in [0.1, 0.15) is 26.0 Å². The Balaban J connectivity index is 2.04. The summed E-state index contributed by atoms with van der Waals surface area (Å²) in [6.07, 6.45) is 2.27. The largest absolute Gasteiger partial charge is 0.480 e. The van der Waals surface area contributed by atoms with Crippen molar-refractivity contribution >= 4 is 34.3 Å². The summed E-state index contributed by atoms with van der Waals surface area (Å²) in [5, 5.41) is 9.46. The van der Waals surface area contributed by atoms with Gasteiger partial charge in [0.25, 0.3) is 0 Å². The van der Waals surface area contributed by atoms with Gasteiger partial charge in [-0.2, -0.15) is 0 Å². The van der Waals surface area contributed by atoms with Crippen molar-refractivity contribution in [1.29, 1.82) is 0 Å². The van der Waals surface area contributed by atoms with Gasteiger partial charge in [-0.05, 0) is 24.5 Å². The second-order valence-electron chi connectivity index (χ2n) is 5.53. The van der Waals surface area contributed by atoms with E-state index in [0.29, 0.717) is 31.4 Å². The maximum Gasteiger partial charge on any atom is 0.321 e. The number of carbonyl (C=O) groups is 1. The second kappa shape index (κ2) is 7.29. The molecule has 2 heterocycles. The standard InChI is InChI=1S/C14H20N2O3S2/c1-10(2)6-12(13(17)18)16-8-15(14(20)21-9-16)7-11-4-3-5-19-11/h3-5,10,12H,6-9H2,1-2H3,(H,17,18). The molecule has 0 aromatic carbocycles. The Bertz CT molecular complexity index is 490. The molecule has 0 spiro atoms. The van der Waals surface area contributed by atoms with E-state index in [-0.39, 0.29) is 0 Å². The zero-order valence-corrected chi connectivity index (χ0v) is 13.8. The second-order valence-corrected chi connectivity index (χ2v) is 7.11. The summed E-state index contributed by atoms with van der Waals surface area (Å²) in [4.78, 5) is 15.5. The van der Waals surface area contributed by atoms with Crippen LogP contribution in [0.5, 0.6) is 0 Å². The van der Waals surface area contributed by atoms with Crippen LogP contribution >= 0.6 is 24.0 Å². The van der Waals surface area contributed by atoms with Crippen LogP contribution in [0, 0.1) is 5.92 Å². The molecule has 1 unspecified atom stereocenters. The van der Waals surface area contributed by atoms with Crippen molar-refractivity contribution in [3.63, 3.8) is 0 Å². The molecule has 1 aromatic rings. The fourth-order valence-corrected chi connectivity index (χ4v) is 3.42. The zero-order chi connectivity index (χ0) is 15.4. The molecule has 2 rings (SSSR count). The molecular weight excluding hydrogens is 308 g/mol. The third kappa shape index (κ3) is 4.46. The lowest BCUT2D eigenvalue weighted by molar-refractivity contribution is -0.144. The van der Waals surface area contributed by atoms with Crippen molar-refractivity contribution in [2.75, 3.05) is 12.5 Å². The van der Waals surface area contributed by atoms with Gasteiger partial charge < -0.3 is 14.4 Å². The van der Waals surface area contributed by atoms with Gasteiger partial charge in [0.15, 0.2) is 0 Å². The summed E-state index contributed by atoms with van der Waals surface area (Å²) in [5.41, 5.74) is 0. The predicted octanol–water partition coefficient (Wildman–Crippen LogP) is 2.83. The van der Waals surface area contributed by atoms with Crippen molar-refractivity contribution in [3.8, 4) is 0 Å². The monoisotopic (exact) mass is 328 g/mol. The molecule has 7 heteroatoms. The molecule has 0 saturated carbocycles. The first-order valence-corrected chi connectivity index (χ1v) is 8.27. The molecule has 0 radical (unpaired) electrons. The number of thioether (sulfide) groups is 1. The third-order valence-electron chi connectivity index (χ3n) is 3.31. The first-order valence-electron chi connectivity index (χ1n) is 6.88. The Kier molecular flexibility index (Phi) is 5.66. The molecule has 1 aromatic heterocycles. The number of furan rings is 1. The molecule has 1 aliphatic heterocycles. The van der Waals surface area contributed by atoms with E-state index in [1.807, 2.05) is 35.8 Å². The van der Waals surface area contributed by atoms with Crippen LogP contribution < -0.4 is 0 Å². The Morgan fingerprint density at radius 1 is 1.57 bits per heavy atom. The van der Waals surface area contributed by atoms with Crippen molar-refractivity contribution in [3.05, 3.63) is 24.2 Å². The van der Waals surface area contributed by atoms with E-state index in [1.54, 1.807) is 6.26 Å². The SMILES string of the molecule is CC(C)CC(C(=O)O)N1CSC(=S)N(Cc2ccco2)C1. The number of hydrogen-bond acceptors (Lipinski definition) is 5. The molecule has 5 nitrogen and oxygen atoms in total. The van der Waals surface area contributed by atoms with Crippen LogP contribution in [-0.2, 0) is 11.3 Å². The van der Waals surface area contributed by atoms with E-state index in [1.165, 1.54) is 11.8 Å². The van der Waals surface area contributed by atoms with E-state index in [0.717, 1.165) is 10.1 Å². The molecular formula is C14H20N2O3S2. The van der Waals surface area contributed by atoms with E-state index in [2.05, 4.69) is 0 Å². The minimum absolute atomic E-state index is 0.337. The van der Waals surface area contributed by atoms with Gasteiger partial charge in [0.1, 0.15) is 16.1 Å². The lowest BCUT2D eigenvalue weighted by Crippen LogP contribution is -2.51. The van der Waals surface area contributed by atoms with Crippen LogP contribution in [0.4, 0.5) is 0 Å². The van der Waals surface area contributed by atoms with Gasteiger partial charge in [0, 0.05) is 0 Å². The van der Waals surface area contributed by atoms with Crippen LogP contribution in [0.25, 0.3) is 0 Å². The average Bonchev–Trinajstić information content (AvgIpc) is 2.91. The molecule has 1 aliphatic rings. The van der Waals surface area contributed by atoms with Gasteiger partial charge in [-0.1, -0.05) is 37.8 Å². The van der Waals surface area contributed by atoms with E-state index >= 15 is 0 Å². The van der Waals surface area contributed by atoms with Crippen molar-refractivity contribution < 1.29 is 14.3 Å². The summed E-state index contributed by atoms with van der Waals surface area (Å²) in [5.74, 6) is 1.02. The minimum Gasteiger partial charge on any atom is -0.480 e. The summed E-state index contributed by atoms with van der Waals surface area (Å²) in [7, 11) is 0. The van der Waals surface area contributed by atoms with Gasteiger partial charge in [-0.3, -0.25) is 9.69 Å². The smallest absolute Gasteiger partial charge is 0.321 e. The quantitative estimate of drug-likeness (QED) is 0.806. The maximum atomic E-state index is 11.5. The predicted molar refractivity (Wildman–Crippen MR) is 86.9 cm³/mol. The highest BCUT2D eigenvalue weighted by molar-refractivity contribution is 8.22. The topological polar surface area (TPSA) is 56.9 Å². The van der Waals surface area contributed by atoms with Crippen LogP contribution in [0.15, 0.2) is 22.8 Å². The zero-order valence-electron chi connectivity index (χ0n) is 12.2. The molecule has 21 heavy (non-hydrogen) atoms. The maximum absolute atomic E-state index is 11.5. The molecule has 1 atom stereocenters. The molecule has 0 bridgehead atoms. The molecule has 116 valence electrons. The molecule has 0 aliphatic carbocycles.